The van der Waals surface area contributed by atoms with Crippen LogP contribution in [0.25, 0.3) is 0 Å². The van der Waals surface area contributed by atoms with Gasteiger partial charge in [0.1, 0.15) is 11.5 Å². The molecule has 3 aromatic rings. The van der Waals surface area contributed by atoms with Gasteiger partial charge in [-0.25, -0.2) is 4.99 Å². The van der Waals surface area contributed by atoms with E-state index in [0.717, 1.165) is 55.4 Å². The molecule has 0 radical (unpaired) electrons. The number of nitrogens with zero attached hydrogens (tertiary/aromatic N) is 4. The Bertz CT molecular complexity index is 1150. The van der Waals surface area contributed by atoms with Crippen LogP contribution in [0.4, 0.5) is 11.4 Å². The Morgan fingerprint density at radius 2 is 1.50 bits per heavy atom. The second-order valence-electron chi connectivity index (χ2n) is 8.66. The number of ether oxygens (including phenoxy) is 1. The van der Waals surface area contributed by atoms with Gasteiger partial charge in [-0.1, -0.05) is 48.5 Å². The van der Waals surface area contributed by atoms with Gasteiger partial charge >= 0.3 is 0 Å². The molecular formula is C28H30N4O2. The molecule has 0 atom stereocenters. The molecule has 6 nitrogen and oxygen atoms in total. The van der Waals surface area contributed by atoms with Gasteiger partial charge in [-0.05, 0) is 42.8 Å². The van der Waals surface area contributed by atoms with Crippen molar-refractivity contribution in [3.8, 4) is 5.75 Å². The van der Waals surface area contributed by atoms with Gasteiger partial charge in [-0.15, -0.1) is 0 Å². The van der Waals surface area contributed by atoms with Crippen molar-refractivity contribution in [2.45, 2.75) is 13.5 Å². The summed E-state index contributed by atoms with van der Waals surface area (Å²) in [6.45, 7) is 7.98. The maximum atomic E-state index is 13.4. The fourth-order valence-corrected chi connectivity index (χ4v) is 4.55. The van der Waals surface area contributed by atoms with Gasteiger partial charge in [0.15, 0.2) is 0 Å². The SMILES string of the molecule is CCOc1ccc(N=C2C(=O)N(CN3CCN(Cc4ccccc4)CC3)c3ccccc32)cc1. The molecule has 1 fully saturated rings. The van der Waals surface area contributed by atoms with Crippen LogP contribution in [0.5, 0.6) is 5.75 Å². The van der Waals surface area contributed by atoms with E-state index in [1.807, 2.05) is 60.4 Å². The molecule has 2 aliphatic heterocycles. The third-order valence-electron chi connectivity index (χ3n) is 6.34. The minimum atomic E-state index is -0.0400. The number of piperazine rings is 1. The van der Waals surface area contributed by atoms with E-state index < -0.39 is 0 Å². The number of rotatable bonds is 7. The summed E-state index contributed by atoms with van der Waals surface area (Å²) in [6, 6.07) is 26.1. The second-order valence-corrected chi connectivity index (χ2v) is 8.66. The maximum Gasteiger partial charge on any atom is 0.278 e. The first-order valence-corrected chi connectivity index (χ1v) is 11.9. The average molecular weight is 455 g/mol. The monoisotopic (exact) mass is 454 g/mol. The quantitative estimate of drug-likeness (QED) is 0.533. The summed E-state index contributed by atoms with van der Waals surface area (Å²) in [5.74, 6) is 0.763. The minimum absolute atomic E-state index is 0.0400. The molecule has 0 aliphatic carbocycles. The standard InChI is InChI=1S/C28H30N4O2/c1-2-34-24-14-12-23(13-15-24)29-27-25-10-6-7-11-26(25)32(28(27)33)21-31-18-16-30(17-19-31)20-22-8-4-3-5-9-22/h3-15H,2,16-21H2,1H3. The van der Waals surface area contributed by atoms with Crippen molar-refractivity contribution in [1.29, 1.82) is 0 Å². The fraction of sp³-hybridized carbons (Fsp3) is 0.286. The van der Waals surface area contributed by atoms with Gasteiger partial charge < -0.3 is 4.74 Å². The van der Waals surface area contributed by atoms with E-state index in [2.05, 4.69) is 40.1 Å². The Morgan fingerprint density at radius 1 is 0.824 bits per heavy atom. The first kappa shape index (κ1) is 22.3. The number of benzene rings is 3. The van der Waals surface area contributed by atoms with Gasteiger partial charge in [-0.3, -0.25) is 19.5 Å². The highest BCUT2D eigenvalue weighted by atomic mass is 16.5. The molecule has 0 spiro atoms. The number of carbonyl (C=O) groups is 1. The van der Waals surface area contributed by atoms with E-state index in [4.69, 9.17) is 9.73 Å². The lowest BCUT2D eigenvalue weighted by molar-refractivity contribution is -0.112. The van der Waals surface area contributed by atoms with E-state index in [9.17, 15) is 4.79 Å². The number of aliphatic imine (C=N–C) groups is 1. The zero-order valence-corrected chi connectivity index (χ0v) is 19.6. The van der Waals surface area contributed by atoms with E-state index >= 15 is 0 Å². The number of para-hydroxylation sites is 1. The second kappa shape index (κ2) is 10.2. The normalized spacial score (nSPS) is 17.9. The molecule has 0 aromatic heterocycles. The van der Waals surface area contributed by atoms with Crippen LogP contribution in [0.3, 0.4) is 0 Å². The molecule has 34 heavy (non-hydrogen) atoms. The van der Waals surface area contributed by atoms with Crippen molar-refractivity contribution in [2.75, 3.05) is 44.4 Å². The molecular weight excluding hydrogens is 424 g/mol. The van der Waals surface area contributed by atoms with E-state index in [1.165, 1.54) is 5.56 Å². The van der Waals surface area contributed by atoms with E-state index in [-0.39, 0.29) is 5.91 Å². The predicted octanol–water partition coefficient (Wildman–Crippen LogP) is 4.33. The molecule has 174 valence electrons. The van der Waals surface area contributed by atoms with Crippen LogP contribution in [0.2, 0.25) is 0 Å². The van der Waals surface area contributed by atoms with Crippen LogP contribution in [0, 0.1) is 0 Å². The Kier molecular flexibility index (Phi) is 6.70. The summed E-state index contributed by atoms with van der Waals surface area (Å²) in [5, 5.41) is 0. The minimum Gasteiger partial charge on any atom is -0.494 e. The molecule has 0 bridgehead atoms. The molecule has 0 N–H and O–H groups in total. The van der Waals surface area contributed by atoms with Crippen LogP contribution in [0.15, 0.2) is 83.9 Å². The van der Waals surface area contributed by atoms with Crippen molar-refractivity contribution in [3.05, 3.63) is 90.0 Å². The molecule has 2 aliphatic rings. The van der Waals surface area contributed by atoms with Gasteiger partial charge in [-0.2, -0.15) is 0 Å². The van der Waals surface area contributed by atoms with Crippen LogP contribution < -0.4 is 9.64 Å². The Balaban J connectivity index is 1.27. The summed E-state index contributed by atoms with van der Waals surface area (Å²) >= 11 is 0. The Hall–Kier alpha value is -3.48. The first-order chi connectivity index (χ1) is 16.7. The number of amides is 1. The lowest BCUT2D eigenvalue weighted by atomic mass is 10.1. The lowest BCUT2D eigenvalue weighted by Gasteiger charge is -2.36. The van der Waals surface area contributed by atoms with Crippen LogP contribution in [-0.2, 0) is 11.3 Å². The number of hydrogen-bond donors (Lipinski definition) is 0. The molecule has 0 unspecified atom stereocenters. The van der Waals surface area contributed by atoms with Crippen LogP contribution in [0.1, 0.15) is 18.1 Å². The van der Waals surface area contributed by atoms with Crippen molar-refractivity contribution in [2.24, 2.45) is 4.99 Å². The molecule has 1 amide bonds. The van der Waals surface area contributed by atoms with Crippen molar-refractivity contribution < 1.29 is 9.53 Å². The number of anilines is 1. The third kappa shape index (κ3) is 4.88. The number of fused-ring (bicyclic) bond motifs is 1. The van der Waals surface area contributed by atoms with E-state index in [0.29, 0.717) is 19.0 Å². The molecule has 0 saturated carbocycles. The average Bonchev–Trinajstić information content (AvgIpc) is 3.13. The smallest absolute Gasteiger partial charge is 0.278 e. The topological polar surface area (TPSA) is 48.4 Å². The molecule has 2 heterocycles. The summed E-state index contributed by atoms with van der Waals surface area (Å²) in [7, 11) is 0. The highest BCUT2D eigenvalue weighted by Crippen LogP contribution is 2.31. The lowest BCUT2D eigenvalue weighted by Crippen LogP contribution is -2.50. The third-order valence-corrected chi connectivity index (χ3v) is 6.34. The zero-order valence-electron chi connectivity index (χ0n) is 19.6. The maximum absolute atomic E-state index is 13.4. The van der Waals surface area contributed by atoms with E-state index in [1.54, 1.807) is 0 Å². The number of hydrogen-bond acceptors (Lipinski definition) is 5. The van der Waals surface area contributed by atoms with Gasteiger partial charge in [0.2, 0.25) is 0 Å². The van der Waals surface area contributed by atoms with Crippen LogP contribution >= 0.6 is 0 Å². The summed E-state index contributed by atoms with van der Waals surface area (Å²) in [5.41, 5.74) is 4.42. The molecule has 3 aromatic carbocycles. The summed E-state index contributed by atoms with van der Waals surface area (Å²) in [6.07, 6.45) is 0. The molecule has 1 saturated heterocycles. The summed E-state index contributed by atoms with van der Waals surface area (Å²) in [4.78, 5) is 24.9. The van der Waals surface area contributed by atoms with Crippen molar-refractivity contribution in [3.63, 3.8) is 0 Å². The Labute approximate surface area is 201 Å². The number of carbonyl (C=O) groups excluding carboxylic acids is 1. The molecule has 6 heteroatoms. The van der Waals surface area contributed by atoms with Crippen molar-refractivity contribution >= 4 is 23.0 Å². The first-order valence-electron chi connectivity index (χ1n) is 11.9. The van der Waals surface area contributed by atoms with Crippen LogP contribution in [-0.4, -0.2) is 60.9 Å². The fourth-order valence-electron chi connectivity index (χ4n) is 4.55. The highest BCUT2D eigenvalue weighted by molar-refractivity contribution is 6.54. The van der Waals surface area contributed by atoms with Gasteiger partial charge in [0.25, 0.3) is 5.91 Å². The summed E-state index contributed by atoms with van der Waals surface area (Å²) < 4.78 is 5.52. The molecule has 5 rings (SSSR count). The predicted molar refractivity (Wildman–Crippen MR) is 136 cm³/mol. The van der Waals surface area contributed by atoms with Crippen molar-refractivity contribution in [1.82, 2.24) is 9.80 Å². The van der Waals surface area contributed by atoms with Gasteiger partial charge in [0, 0.05) is 38.3 Å². The van der Waals surface area contributed by atoms with Gasteiger partial charge in [0.05, 0.1) is 24.7 Å². The zero-order chi connectivity index (χ0) is 23.3. The largest absolute Gasteiger partial charge is 0.494 e. The Morgan fingerprint density at radius 3 is 2.24 bits per heavy atom. The highest BCUT2D eigenvalue weighted by Gasteiger charge is 2.35.